The maximum absolute atomic E-state index is 5.99. The van der Waals surface area contributed by atoms with Crippen LogP contribution in [0.5, 0.6) is 0 Å². The van der Waals surface area contributed by atoms with Gasteiger partial charge in [0, 0.05) is 6.20 Å². The molecule has 1 aromatic rings. The van der Waals surface area contributed by atoms with Crippen molar-refractivity contribution >= 4 is 11.6 Å². The Morgan fingerprint density at radius 1 is 1.54 bits per heavy atom. The minimum atomic E-state index is 0.0140. The summed E-state index contributed by atoms with van der Waals surface area (Å²) in [5.41, 5.74) is 6.62. The highest BCUT2D eigenvalue weighted by atomic mass is 35.5. The van der Waals surface area contributed by atoms with E-state index in [0.717, 1.165) is 12.0 Å². The Hall–Kier alpha value is -0.600. The summed E-state index contributed by atoms with van der Waals surface area (Å²) in [6, 6.07) is 3.91. The van der Waals surface area contributed by atoms with Gasteiger partial charge in [0.25, 0.3) is 0 Å². The first-order valence-electron chi connectivity index (χ1n) is 4.39. The van der Waals surface area contributed by atoms with Crippen LogP contribution in [0.25, 0.3) is 0 Å². The maximum Gasteiger partial charge on any atom is 0.132 e. The van der Waals surface area contributed by atoms with Gasteiger partial charge >= 0.3 is 0 Å². The number of hydrogen-bond acceptors (Lipinski definition) is 2. The van der Waals surface area contributed by atoms with Crippen molar-refractivity contribution in [2.45, 2.75) is 25.7 Å². The lowest BCUT2D eigenvalue weighted by molar-refractivity contribution is 0.486. The quantitative estimate of drug-likeness (QED) is 0.758. The summed E-state index contributed by atoms with van der Waals surface area (Å²) in [5.74, 6) is 0. The second-order valence-corrected chi connectivity index (χ2v) is 4.12. The fourth-order valence-electron chi connectivity index (χ4n) is 1.39. The molecule has 0 spiro atoms. The molecular weight excluding hydrogens is 184 g/mol. The smallest absolute Gasteiger partial charge is 0.132 e. The first kappa shape index (κ1) is 10.5. The highest BCUT2D eigenvalue weighted by Crippen LogP contribution is 2.30. The first-order valence-corrected chi connectivity index (χ1v) is 4.77. The molecule has 0 fully saturated rings. The van der Waals surface area contributed by atoms with E-state index in [4.69, 9.17) is 17.3 Å². The molecule has 0 aromatic carbocycles. The van der Waals surface area contributed by atoms with Gasteiger partial charge < -0.3 is 5.73 Å². The topological polar surface area (TPSA) is 38.9 Å². The van der Waals surface area contributed by atoms with Crippen molar-refractivity contribution in [2.24, 2.45) is 5.73 Å². The van der Waals surface area contributed by atoms with Crippen LogP contribution in [0.2, 0.25) is 5.15 Å². The van der Waals surface area contributed by atoms with Crippen LogP contribution in [-0.4, -0.2) is 11.5 Å². The van der Waals surface area contributed by atoms with Gasteiger partial charge in [-0.2, -0.15) is 0 Å². The summed E-state index contributed by atoms with van der Waals surface area (Å²) in [4.78, 5) is 4.05. The van der Waals surface area contributed by atoms with E-state index < -0.39 is 0 Å². The minimum Gasteiger partial charge on any atom is -0.330 e. The molecule has 0 saturated heterocycles. The highest BCUT2D eigenvalue weighted by Gasteiger charge is 2.22. The van der Waals surface area contributed by atoms with Crippen molar-refractivity contribution in [3.63, 3.8) is 0 Å². The standard InChI is InChI=1S/C10H15ClN2/c1-10(2,5-6-12)8-4-3-7-13-9(8)11/h3-4,7H,5-6,12H2,1-2H3. The van der Waals surface area contributed by atoms with Crippen LogP contribution >= 0.6 is 11.6 Å². The Kier molecular flexibility index (Phi) is 3.28. The van der Waals surface area contributed by atoms with E-state index in [0.29, 0.717) is 11.7 Å². The van der Waals surface area contributed by atoms with Gasteiger partial charge in [-0.1, -0.05) is 31.5 Å². The molecule has 0 aliphatic rings. The van der Waals surface area contributed by atoms with Crippen molar-refractivity contribution < 1.29 is 0 Å². The number of hydrogen-bond donors (Lipinski definition) is 1. The van der Waals surface area contributed by atoms with Gasteiger partial charge in [0.05, 0.1) is 0 Å². The Balaban J connectivity index is 2.99. The number of halogens is 1. The molecule has 2 N–H and O–H groups in total. The van der Waals surface area contributed by atoms with Gasteiger partial charge in [-0.25, -0.2) is 4.98 Å². The number of pyridine rings is 1. The van der Waals surface area contributed by atoms with E-state index in [2.05, 4.69) is 18.8 Å². The van der Waals surface area contributed by atoms with Crippen LogP contribution in [-0.2, 0) is 5.41 Å². The zero-order valence-electron chi connectivity index (χ0n) is 8.05. The van der Waals surface area contributed by atoms with Crippen molar-refractivity contribution in [1.82, 2.24) is 4.98 Å². The monoisotopic (exact) mass is 198 g/mol. The van der Waals surface area contributed by atoms with Crippen molar-refractivity contribution in [3.8, 4) is 0 Å². The molecule has 3 heteroatoms. The van der Waals surface area contributed by atoms with Crippen LogP contribution in [0.4, 0.5) is 0 Å². The van der Waals surface area contributed by atoms with Crippen LogP contribution in [0.1, 0.15) is 25.8 Å². The molecule has 72 valence electrons. The van der Waals surface area contributed by atoms with E-state index in [-0.39, 0.29) is 5.41 Å². The van der Waals surface area contributed by atoms with E-state index in [1.54, 1.807) is 6.20 Å². The molecule has 0 saturated carbocycles. The number of nitrogens with zero attached hydrogens (tertiary/aromatic N) is 1. The molecule has 0 bridgehead atoms. The van der Waals surface area contributed by atoms with Crippen LogP contribution in [0, 0.1) is 0 Å². The molecule has 0 amide bonds. The maximum atomic E-state index is 5.99. The van der Waals surface area contributed by atoms with Crippen molar-refractivity contribution in [1.29, 1.82) is 0 Å². The summed E-state index contributed by atoms with van der Waals surface area (Å²) < 4.78 is 0. The third-order valence-electron chi connectivity index (χ3n) is 2.26. The van der Waals surface area contributed by atoms with Gasteiger partial charge in [-0.3, -0.25) is 0 Å². The summed E-state index contributed by atoms with van der Waals surface area (Å²) >= 11 is 5.99. The van der Waals surface area contributed by atoms with Gasteiger partial charge in [0.1, 0.15) is 5.15 Å². The van der Waals surface area contributed by atoms with Crippen molar-refractivity contribution in [2.75, 3.05) is 6.54 Å². The molecule has 0 atom stereocenters. The van der Waals surface area contributed by atoms with Crippen LogP contribution < -0.4 is 5.73 Å². The van der Waals surface area contributed by atoms with Gasteiger partial charge in [-0.15, -0.1) is 0 Å². The summed E-state index contributed by atoms with van der Waals surface area (Å²) in [7, 11) is 0. The second kappa shape index (κ2) is 4.07. The predicted molar refractivity (Wildman–Crippen MR) is 55.9 cm³/mol. The van der Waals surface area contributed by atoms with Gasteiger partial charge in [0.2, 0.25) is 0 Å². The molecule has 0 aliphatic heterocycles. The molecule has 2 nitrogen and oxygen atoms in total. The normalized spacial score (nSPS) is 11.7. The molecular formula is C10H15ClN2. The van der Waals surface area contributed by atoms with Crippen molar-refractivity contribution in [3.05, 3.63) is 29.0 Å². The largest absolute Gasteiger partial charge is 0.330 e. The zero-order chi connectivity index (χ0) is 9.90. The average molecular weight is 199 g/mol. The van der Waals surface area contributed by atoms with Crippen LogP contribution in [0.15, 0.2) is 18.3 Å². The fourth-order valence-corrected chi connectivity index (χ4v) is 1.76. The summed E-state index contributed by atoms with van der Waals surface area (Å²) in [5, 5.41) is 0.584. The molecule has 1 heterocycles. The van der Waals surface area contributed by atoms with E-state index in [9.17, 15) is 0 Å². The Bertz CT molecular complexity index is 284. The van der Waals surface area contributed by atoms with E-state index in [1.807, 2.05) is 12.1 Å². The summed E-state index contributed by atoms with van der Waals surface area (Å²) in [6.07, 6.45) is 2.61. The predicted octanol–water partition coefficient (Wildman–Crippen LogP) is 2.36. The lowest BCUT2D eigenvalue weighted by atomic mass is 9.82. The van der Waals surface area contributed by atoms with Gasteiger partial charge in [-0.05, 0) is 30.0 Å². The summed E-state index contributed by atoms with van der Waals surface area (Å²) in [6.45, 7) is 4.92. The Labute approximate surface area is 84.1 Å². The van der Waals surface area contributed by atoms with E-state index in [1.165, 1.54) is 0 Å². The Morgan fingerprint density at radius 3 is 2.77 bits per heavy atom. The number of rotatable bonds is 3. The first-order chi connectivity index (χ1) is 6.08. The van der Waals surface area contributed by atoms with E-state index >= 15 is 0 Å². The minimum absolute atomic E-state index is 0.0140. The third kappa shape index (κ3) is 2.42. The molecule has 0 unspecified atom stereocenters. The highest BCUT2D eigenvalue weighted by molar-refractivity contribution is 6.30. The lowest BCUT2D eigenvalue weighted by Gasteiger charge is -2.24. The molecule has 13 heavy (non-hydrogen) atoms. The molecule has 1 rings (SSSR count). The average Bonchev–Trinajstić information content (AvgIpc) is 2.04. The SMILES string of the molecule is CC(C)(CCN)c1cccnc1Cl. The third-order valence-corrected chi connectivity index (χ3v) is 2.56. The van der Waals surface area contributed by atoms with Crippen LogP contribution in [0.3, 0.4) is 0 Å². The zero-order valence-corrected chi connectivity index (χ0v) is 8.80. The lowest BCUT2D eigenvalue weighted by Crippen LogP contribution is -2.22. The Morgan fingerprint density at radius 2 is 2.23 bits per heavy atom. The number of nitrogens with two attached hydrogens (primary N) is 1. The molecule has 0 radical (unpaired) electrons. The van der Waals surface area contributed by atoms with Gasteiger partial charge in [0.15, 0.2) is 0 Å². The number of aromatic nitrogens is 1. The molecule has 0 aliphatic carbocycles. The fraction of sp³-hybridized carbons (Fsp3) is 0.500. The second-order valence-electron chi connectivity index (χ2n) is 3.76. The molecule has 1 aromatic heterocycles.